The molecule has 0 saturated carbocycles. The predicted molar refractivity (Wildman–Crippen MR) is 115 cm³/mol. The van der Waals surface area contributed by atoms with Gasteiger partial charge in [-0.2, -0.15) is 0 Å². The molecule has 0 unspecified atom stereocenters. The third kappa shape index (κ3) is 5.17. The Labute approximate surface area is 173 Å². The molecular weight excluding hydrogens is 378 g/mol. The molecule has 148 valence electrons. The van der Waals surface area contributed by atoms with E-state index in [1.807, 2.05) is 42.5 Å². The molecule has 1 amide bonds. The second kappa shape index (κ2) is 9.29. The number of hydrogen-bond donors (Lipinski definition) is 2. The first-order valence-electron chi connectivity index (χ1n) is 9.35. The van der Waals surface area contributed by atoms with Crippen LogP contribution in [-0.4, -0.2) is 20.9 Å². The number of aromatic nitrogens is 3. The molecule has 2 aromatic carbocycles. The molecule has 0 atom stereocenters. The Bertz CT molecular complexity index is 1090. The molecule has 0 fully saturated rings. The minimum atomic E-state index is -0.335. The van der Waals surface area contributed by atoms with Gasteiger partial charge in [0.15, 0.2) is 0 Å². The van der Waals surface area contributed by atoms with Crippen LogP contribution in [0.4, 0.5) is 11.5 Å². The van der Waals surface area contributed by atoms with Crippen molar-refractivity contribution >= 4 is 17.4 Å². The number of amides is 1. The van der Waals surface area contributed by atoms with Gasteiger partial charge in [-0.25, -0.2) is 9.97 Å². The van der Waals surface area contributed by atoms with Gasteiger partial charge in [-0.05, 0) is 48.0 Å². The van der Waals surface area contributed by atoms with E-state index in [0.29, 0.717) is 23.8 Å². The summed E-state index contributed by atoms with van der Waals surface area (Å²) in [6, 6.07) is 20.5. The average Bonchev–Trinajstić information content (AvgIpc) is 2.81. The standard InChI is InChI=1S/C23H19N5O2/c29-23(21-15-27-22(16-25-21)26-14-17-5-4-12-24-13-17)28-18-8-10-20(11-9-18)30-19-6-2-1-3-7-19/h1-13,15-16H,14H2,(H,26,27)(H,28,29). The van der Waals surface area contributed by atoms with Gasteiger partial charge in [-0.3, -0.25) is 9.78 Å². The molecule has 4 aromatic rings. The number of benzene rings is 2. The second-order valence-corrected chi connectivity index (χ2v) is 6.40. The fraction of sp³-hybridized carbons (Fsp3) is 0.0435. The predicted octanol–water partition coefficient (Wildman–Crippen LogP) is 4.53. The second-order valence-electron chi connectivity index (χ2n) is 6.40. The first kappa shape index (κ1) is 19.1. The number of para-hydroxylation sites is 1. The molecule has 4 rings (SSSR count). The molecule has 2 aromatic heterocycles. The maximum absolute atomic E-state index is 12.4. The molecule has 30 heavy (non-hydrogen) atoms. The Balaban J connectivity index is 1.32. The highest BCUT2D eigenvalue weighted by Gasteiger charge is 2.09. The summed E-state index contributed by atoms with van der Waals surface area (Å²) in [4.78, 5) is 24.9. The van der Waals surface area contributed by atoms with Crippen LogP contribution in [0.15, 0.2) is 91.5 Å². The van der Waals surface area contributed by atoms with Crippen LogP contribution < -0.4 is 15.4 Å². The van der Waals surface area contributed by atoms with Crippen LogP contribution >= 0.6 is 0 Å². The summed E-state index contributed by atoms with van der Waals surface area (Å²) in [5, 5.41) is 5.94. The first-order valence-corrected chi connectivity index (χ1v) is 9.35. The Morgan fingerprint density at radius 3 is 2.33 bits per heavy atom. The molecule has 0 aliphatic carbocycles. The van der Waals surface area contributed by atoms with Gasteiger partial charge in [0.2, 0.25) is 0 Å². The lowest BCUT2D eigenvalue weighted by Crippen LogP contribution is -2.14. The van der Waals surface area contributed by atoms with E-state index in [9.17, 15) is 4.79 Å². The van der Waals surface area contributed by atoms with E-state index in [2.05, 4.69) is 25.6 Å². The van der Waals surface area contributed by atoms with Crippen molar-refractivity contribution < 1.29 is 9.53 Å². The largest absolute Gasteiger partial charge is 0.457 e. The number of ether oxygens (including phenoxy) is 1. The average molecular weight is 397 g/mol. The molecule has 2 N–H and O–H groups in total. The molecule has 7 nitrogen and oxygen atoms in total. The summed E-state index contributed by atoms with van der Waals surface area (Å²) in [7, 11) is 0. The van der Waals surface area contributed by atoms with Crippen molar-refractivity contribution in [2.45, 2.75) is 6.54 Å². The highest BCUT2D eigenvalue weighted by atomic mass is 16.5. The number of rotatable bonds is 7. The van der Waals surface area contributed by atoms with Crippen molar-refractivity contribution in [2.75, 3.05) is 10.6 Å². The zero-order chi connectivity index (χ0) is 20.6. The van der Waals surface area contributed by atoms with Gasteiger partial charge in [-0.1, -0.05) is 24.3 Å². The zero-order valence-corrected chi connectivity index (χ0v) is 16.0. The fourth-order valence-corrected chi connectivity index (χ4v) is 2.66. The molecule has 2 heterocycles. The Kier molecular flexibility index (Phi) is 5.91. The van der Waals surface area contributed by atoms with Crippen LogP contribution in [0.2, 0.25) is 0 Å². The van der Waals surface area contributed by atoms with Crippen LogP contribution in [0.25, 0.3) is 0 Å². The van der Waals surface area contributed by atoms with Crippen LogP contribution in [0.1, 0.15) is 16.1 Å². The molecule has 0 aliphatic rings. The molecule has 0 aliphatic heterocycles. The molecule has 0 saturated heterocycles. The monoisotopic (exact) mass is 397 g/mol. The number of hydrogen-bond acceptors (Lipinski definition) is 6. The summed E-state index contributed by atoms with van der Waals surface area (Å²) >= 11 is 0. The third-order valence-corrected chi connectivity index (χ3v) is 4.17. The molecule has 7 heteroatoms. The number of nitrogens with one attached hydrogen (secondary N) is 2. The minimum absolute atomic E-state index is 0.228. The highest BCUT2D eigenvalue weighted by molar-refractivity contribution is 6.02. The van der Waals surface area contributed by atoms with E-state index in [1.54, 1.807) is 36.7 Å². The molecular formula is C23H19N5O2. The van der Waals surface area contributed by atoms with Crippen LogP contribution in [0.5, 0.6) is 11.5 Å². The van der Waals surface area contributed by atoms with Crippen LogP contribution in [0.3, 0.4) is 0 Å². The Morgan fingerprint density at radius 1 is 0.833 bits per heavy atom. The van der Waals surface area contributed by atoms with E-state index >= 15 is 0 Å². The summed E-state index contributed by atoms with van der Waals surface area (Å²) in [6.45, 7) is 0.575. The Morgan fingerprint density at radius 2 is 1.63 bits per heavy atom. The quantitative estimate of drug-likeness (QED) is 0.476. The highest BCUT2D eigenvalue weighted by Crippen LogP contribution is 2.22. The number of nitrogens with zero attached hydrogens (tertiary/aromatic N) is 3. The molecule has 0 bridgehead atoms. The van der Waals surface area contributed by atoms with Gasteiger partial charge in [0.05, 0.1) is 12.4 Å². The smallest absolute Gasteiger partial charge is 0.275 e. The lowest BCUT2D eigenvalue weighted by molar-refractivity contribution is 0.102. The van der Waals surface area contributed by atoms with Crippen LogP contribution in [-0.2, 0) is 6.54 Å². The maximum atomic E-state index is 12.4. The topological polar surface area (TPSA) is 89.0 Å². The van der Waals surface area contributed by atoms with Gasteiger partial charge in [0.25, 0.3) is 5.91 Å². The summed E-state index contributed by atoms with van der Waals surface area (Å²) < 4.78 is 5.75. The normalized spacial score (nSPS) is 10.3. The lowest BCUT2D eigenvalue weighted by atomic mass is 10.3. The number of pyridine rings is 1. The molecule has 0 spiro atoms. The fourth-order valence-electron chi connectivity index (χ4n) is 2.66. The summed E-state index contributed by atoms with van der Waals surface area (Å²) in [6.07, 6.45) is 6.47. The summed E-state index contributed by atoms with van der Waals surface area (Å²) in [5.74, 6) is 1.68. The van der Waals surface area contributed by atoms with Crippen molar-refractivity contribution in [1.82, 2.24) is 15.0 Å². The SMILES string of the molecule is O=C(Nc1ccc(Oc2ccccc2)cc1)c1cnc(NCc2cccnc2)cn1. The van der Waals surface area contributed by atoms with Gasteiger partial charge in [-0.15, -0.1) is 0 Å². The maximum Gasteiger partial charge on any atom is 0.275 e. The summed E-state index contributed by atoms with van der Waals surface area (Å²) in [5.41, 5.74) is 1.90. The van der Waals surface area contributed by atoms with E-state index in [4.69, 9.17) is 4.74 Å². The minimum Gasteiger partial charge on any atom is -0.457 e. The first-order chi connectivity index (χ1) is 14.8. The van der Waals surface area contributed by atoms with Crippen molar-refractivity contribution in [1.29, 1.82) is 0 Å². The van der Waals surface area contributed by atoms with E-state index in [1.165, 1.54) is 12.4 Å². The van der Waals surface area contributed by atoms with Gasteiger partial charge >= 0.3 is 0 Å². The molecule has 0 radical (unpaired) electrons. The lowest BCUT2D eigenvalue weighted by Gasteiger charge is -2.08. The van der Waals surface area contributed by atoms with Gasteiger partial charge in [0, 0.05) is 24.6 Å². The third-order valence-electron chi connectivity index (χ3n) is 4.17. The van der Waals surface area contributed by atoms with E-state index < -0.39 is 0 Å². The van der Waals surface area contributed by atoms with Crippen molar-refractivity contribution in [3.8, 4) is 11.5 Å². The van der Waals surface area contributed by atoms with E-state index in [0.717, 1.165) is 11.3 Å². The van der Waals surface area contributed by atoms with Gasteiger partial charge in [0.1, 0.15) is 23.0 Å². The van der Waals surface area contributed by atoms with Crippen molar-refractivity contribution in [3.63, 3.8) is 0 Å². The number of carbonyl (C=O) groups excluding carboxylic acids is 1. The van der Waals surface area contributed by atoms with E-state index in [-0.39, 0.29) is 11.6 Å². The Hall–Kier alpha value is -4.26. The number of carbonyl (C=O) groups is 1. The van der Waals surface area contributed by atoms with Crippen molar-refractivity contribution in [3.05, 3.63) is 103 Å². The van der Waals surface area contributed by atoms with Gasteiger partial charge < -0.3 is 15.4 Å². The number of anilines is 2. The van der Waals surface area contributed by atoms with Crippen LogP contribution in [0, 0.1) is 0 Å². The zero-order valence-electron chi connectivity index (χ0n) is 16.0. The van der Waals surface area contributed by atoms with Crippen molar-refractivity contribution in [2.24, 2.45) is 0 Å².